The van der Waals surface area contributed by atoms with Gasteiger partial charge in [-0.3, -0.25) is 14.5 Å². The molecule has 2 unspecified atom stereocenters. The van der Waals surface area contributed by atoms with Crippen LogP contribution in [0.15, 0.2) is 24.3 Å². The minimum Gasteiger partial charge on any atom is -0.383 e. The Bertz CT molecular complexity index is 688. The van der Waals surface area contributed by atoms with E-state index in [2.05, 4.69) is 41.4 Å². The molecule has 0 aromatic heterocycles. The quantitative estimate of drug-likeness (QED) is 0.733. The summed E-state index contributed by atoms with van der Waals surface area (Å²) in [6.07, 6.45) is 0.678. The third-order valence-electron chi connectivity index (χ3n) is 6.00. The molecule has 2 aliphatic rings. The highest BCUT2D eigenvalue weighted by Gasteiger charge is 2.42. The number of likely N-dealkylation sites (tertiary alicyclic amines) is 1. The lowest BCUT2D eigenvalue weighted by molar-refractivity contribution is -0.143. The van der Waals surface area contributed by atoms with Gasteiger partial charge in [0.1, 0.15) is 6.04 Å². The summed E-state index contributed by atoms with van der Waals surface area (Å²) < 4.78 is 5.33. The molecule has 2 atom stereocenters. The lowest BCUT2D eigenvalue weighted by atomic mass is 10.1. The van der Waals surface area contributed by atoms with Crippen LogP contribution in [0.1, 0.15) is 24.5 Å². The van der Waals surface area contributed by atoms with E-state index < -0.39 is 0 Å². The van der Waals surface area contributed by atoms with Crippen molar-refractivity contribution >= 4 is 11.8 Å². The van der Waals surface area contributed by atoms with Crippen LogP contribution in [0.3, 0.4) is 0 Å². The Labute approximate surface area is 174 Å². The average molecular weight is 403 g/mol. The first-order valence-electron chi connectivity index (χ1n) is 10.5. The summed E-state index contributed by atoms with van der Waals surface area (Å²) in [4.78, 5) is 31.5. The fourth-order valence-electron chi connectivity index (χ4n) is 4.28. The first kappa shape index (κ1) is 21.7. The van der Waals surface area contributed by atoms with Gasteiger partial charge in [0.25, 0.3) is 0 Å². The second-order valence-electron chi connectivity index (χ2n) is 8.10. The van der Waals surface area contributed by atoms with Crippen molar-refractivity contribution in [2.24, 2.45) is 0 Å². The molecule has 160 valence electrons. The largest absolute Gasteiger partial charge is 0.383 e. The van der Waals surface area contributed by atoms with Gasteiger partial charge in [0, 0.05) is 65.9 Å². The molecule has 2 aliphatic heterocycles. The van der Waals surface area contributed by atoms with E-state index in [4.69, 9.17) is 4.74 Å². The molecule has 1 aromatic rings. The Morgan fingerprint density at radius 1 is 1.21 bits per heavy atom. The fourth-order valence-corrected chi connectivity index (χ4v) is 4.28. The van der Waals surface area contributed by atoms with E-state index in [0.717, 1.165) is 26.2 Å². The van der Waals surface area contributed by atoms with E-state index in [1.807, 2.05) is 4.90 Å². The molecule has 2 fully saturated rings. The van der Waals surface area contributed by atoms with Gasteiger partial charge in [0.2, 0.25) is 11.8 Å². The lowest BCUT2D eigenvalue weighted by Gasteiger charge is -2.32. The monoisotopic (exact) mass is 402 g/mol. The van der Waals surface area contributed by atoms with Crippen molar-refractivity contribution in [3.05, 3.63) is 35.4 Å². The molecule has 7 heteroatoms. The van der Waals surface area contributed by atoms with Crippen LogP contribution >= 0.6 is 0 Å². The van der Waals surface area contributed by atoms with E-state index in [9.17, 15) is 9.59 Å². The summed E-state index contributed by atoms with van der Waals surface area (Å²) >= 11 is 0. The Hall–Kier alpha value is -1.96. The van der Waals surface area contributed by atoms with Crippen LogP contribution in [0.5, 0.6) is 0 Å². The molecule has 0 spiro atoms. The zero-order valence-electron chi connectivity index (χ0n) is 17.9. The molecular formula is C22H34N4O3. The highest BCUT2D eigenvalue weighted by molar-refractivity contribution is 5.87. The van der Waals surface area contributed by atoms with Gasteiger partial charge in [-0.25, -0.2) is 0 Å². The summed E-state index contributed by atoms with van der Waals surface area (Å²) in [5, 5.41) is 3.28. The molecule has 2 saturated heterocycles. The molecule has 29 heavy (non-hydrogen) atoms. The molecule has 0 aliphatic carbocycles. The third kappa shape index (κ3) is 5.56. The number of nitrogens with zero attached hydrogens (tertiary/aromatic N) is 3. The second-order valence-corrected chi connectivity index (χ2v) is 8.10. The maximum atomic E-state index is 13.2. The van der Waals surface area contributed by atoms with Gasteiger partial charge in [0.05, 0.1) is 6.61 Å². The number of hydrogen-bond donors (Lipinski definition) is 1. The SMILES string of the molecule is COCCN(Cc1ccc(C)cc1)C1CC(C(=O)N2CCNCC2)N(C(C)=O)C1. The maximum absolute atomic E-state index is 13.2. The zero-order valence-corrected chi connectivity index (χ0v) is 17.9. The number of nitrogens with one attached hydrogen (secondary N) is 1. The number of piperazine rings is 1. The molecule has 0 radical (unpaired) electrons. The van der Waals surface area contributed by atoms with Crippen molar-refractivity contribution in [3.63, 3.8) is 0 Å². The molecule has 2 amide bonds. The number of benzene rings is 1. The molecule has 3 rings (SSSR count). The Morgan fingerprint density at radius 2 is 1.90 bits per heavy atom. The van der Waals surface area contributed by atoms with Crippen LogP contribution in [0.4, 0.5) is 0 Å². The Balaban J connectivity index is 1.74. The number of methoxy groups -OCH3 is 1. The third-order valence-corrected chi connectivity index (χ3v) is 6.00. The van der Waals surface area contributed by atoms with Crippen molar-refractivity contribution in [1.29, 1.82) is 0 Å². The van der Waals surface area contributed by atoms with Crippen molar-refractivity contribution in [2.45, 2.75) is 38.9 Å². The van der Waals surface area contributed by atoms with E-state index in [0.29, 0.717) is 32.7 Å². The number of hydrogen-bond acceptors (Lipinski definition) is 5. The van der Waals surface area contributed by atoms with Gasteiger partial charge in [-0.2, -0.15) is 0 Å². The number of ether oxygens (including phenoxy) is 1. The summed E-state index contributed by atoms with van der Waals surface area (Å²) in [6.45, 7) is 9.48. The number of aryl methyl sites for hydroxylation is 1. The van der Waals surface area contributed by atoms with Crippen LogP contribution < -0.4 is 5.32 Å². The maximum Gasteiger partial charge on any atom is 0.245 e. The molecule has 0 bridgehead atoms. The van der Waals surface area contributed by atoms with Crippen LogP contribution in [0, 0.1) is 6.92 Å². The minimum absolute atomic E-state index is 0.0250. The Kier molecular flexibility index (Phi) is 7.64. The van der Waals surface area contributed by atoms with Crippen LogP contribution in [-0.4, -0.2) is 91.6 Å². The highest BCUT2D eigenvalue weighted by atomic mass is 16.5. The Morgan fingerprint density at radius 3 is 2.52 bits per heavy atom. The highest BCUT2D eigenvalue weighted by Crippen LogP contribution is 2.26. The normalized spacial score (nSPS) is 22.3. The standard InChI is InChI=1S/C22H34N4O3/c1-17-4-6-19(7-5-17)15-25(12-13-29-3)20-14-21(26(16-20)18(2)27)22(28)24-10-8-23-9-11-24/h4-7,20-21,23H,8-16H2,1-3H3. The molecule has 1 aromatic carbocycles. The second kappa shape index (κ2) is 10.2. The summed E-state index contributed by atoms with van der Waals surface area (Å²) in [7, 11) is 1.71. The van der Waals surface area contributed by atoms with Gasteiger partial charge in [-0.15, -0.1) is 0 Å². The summed E-state index contributed by atoms with van der Waals surface area (Å²) in [5.41, 5.74) is 2.47. The van der Waals surface area contributed by atoms with Gasteiger partial charge in [0.15, 0.2) is 0 Å². The van der Waals surface area contributed by atoms with Crippen LogP contribution in [0.2, 0.25) is 0 Å². The smallest absolute Gasteiger partial charge is 0.245 e. The van der Waals surface area contributed by atoms with Crippen LogP contribution in [0.25, 0.3) is 0 Å². The van der Waals surface area contributed by atoms with Crippen LogP contribution in [-0.2, 0) is 20.9 Å². The first-order chi connectivity index (χ1) is 14.0. The number of rotatable bonds is 7. The molecule has 2 heterocycles. The number of carbonyl (C=O) groups excluding carboxylic acids is 2. The van der Waals surface area contributed by atoms with E-state index in [-0.39, 0.29) is 23.9 Å². The van der Waals surface area contributed by atoms with Crippen molar-refractivity contribution in [1.82, 2.24) is 20.0 Å². The number of amides is 2. The average Bonchev–Trinajstić information content (AvgIpc) is 3.18. The molecule has 1 N–H and O–H groups in total. The van der Waals surface area contributed by atoms with Gasteiger partial charge in [-0.1, -0.05) is 29.8 Å². The minimum atomic E-state index is -0.362. The van der Waals surface area contributed by atoms with E-state index in [1.54, 1.807) is 18.9 Å². The van der Waals surface area contributed by atoms with Crippen molar-refractivity contribution < 1.29 is 14.3 Å². The molecular weight excluding hydrogens is 368 g/mol. The summed E-state index contributed by atoms with van der Waals surface area (Å²) in [5.74, 6) is 0.0641. The van der Waals surface area contributed by atoms with Gasteiger partial charge < -0.3 is 19.9 Å². The van der Waals surface area contributed by atoms with Crippen molar-refractivity contribution in [2.75, 3.05) is 53.0 Å². The lowest BCUT2D eigenvalue weighted by Crippen LogP contribution is -2.53. The topological polar surface area (TPSA) is 65.1 Å². The van der Waals surface area contributed by atoms with Crippen molar-refractivity contribution in [3.8, 4) is 0 Å². The number of carbonyl (C=O) groups is 2. The zero-order chi connectivity index (χ0) is 20.8. The molecule has 0 saturated carbocycles. The first-order valence-corrected chi connectivity index (χ1v) is 10.5. The van der Waals surface area contributed by atoms with E-state index >= 15 is 0 Å². The summed E-state index contributed by atoms with van der Waals surface area (Å²) in [6, 6.07) is 8.33. The fraction of sp³-hybridized carbons (Fsp3) is 0.636. The van der Waals surface area contributed by atoms with E-state index in [1.165, 1.54) is 11.1 Å². The van der Waals surface area contributed by atoms with Gasteiger partial charge >= 0.3 is 0 Å². The predicted octanol–water partition coefficient (Wildman–Crippen LogP) is 0.865. The molecule has 7 nitrogen and oxygen atoms in total. The predicted molar refractivity (Wildman–Crippen MR) is 112 cm³/mol. The van der Waals surface area contributed by atoms with Gasteiger partial charge in [-0.05, 0) is 18.9 Å².